The predicted molar refractivity (Wildman–Crippen MR) is 81.9 cm³/mol. The van der Waals surface area contributed by atoms with Crippen molar-refractivity contribution in [3.8, 4) is 0 Å². The molecule has 0 aliphatic carbocycles. The summed E-state index contributed by atoms with van der Waals surface area (Å²) in [6, 6.07) is 15.5. The minimum absolute atomic E-state index is 0.343. The predicted octanol–water partition coefficient (Wildman–Crippen LogP) is 3.90. The van der Waals surface area contributed by atoms with Crippen LogP contribution >= 0.6 is 0 Å². The fraction of sp³-hybridized carbons (Fsp3) is 0.235. The highest BCUT2D eigenvalue weighted by atomic mass is 15.2. The molecule has 0 bridgehead atoms. The lowest BCUT2D eigenvalue weighted by Crippen LogP contribution is -2.22. The number of anilines is 1. The second kappa shape index (κ2) is 4.37. The molecule has 20 heavy (non-hydrogen) atoms. The quantitative estimate of drug-likeness (QED) is 0.721. The highest BCUT2D eigenvalue weighted by Crippen LogP contribution is 2.32. The Morgan fingerprint density at radius 2 is 2.00 bits per heavy atom. The van der Waals surface area contributed by atoms with Crippen molar-refractivity contribution >= 4 is 16.7 Å². The van der Waals surface area contributed by atoms with Crippen molar-refractivity contribution in [3.63, 3.8) is 0 Å². The van der Waals surface area contributed by atoms with Crippen LogP contribution in [-0.4, -0.2) is 9.55 Å². The van der Waals surface area contributed by atoms with E-state index in [1.165, 1.54) is 16.3 Å². The lowest BCUT2D eigenvalue weighted by molar-refractivity contribution is 0.544. The zero-order valence-electron chi connectivity index (χ0n) is 11.5. The number of nitrogens with zero attached hydrogens (tertiary/aromatic N) is 2. The average Bonchev–Trinajstić information content (AvgIpc) is 2.85. The SMILES string of the molecule is Cc1cn2c(n1)NC(c1cccc3ccccc13)CC2. The second-order valence-electron chi connectivity index (χ2n) is 5.45. The first-order chi connectivity index (χ1) is 9.81. The van der Waals surface area contributed by atoms with Gasteiger partial charge in [0.25, 0.3) is 0 Å². The minimum atomic E-state index is 0.343. The van der Waals surface area contributed by atoms with Gasteiger partial charge < -0.3 is 9.88 Å². The van der Waals surface area contributed by atoms with E-state index in [9.17, 15) is 0 Å². The third-order valence-corrected chi connectivity index (χ3v) is 4.06. The zero-order valence-corrected chi connectivity index (χ0v) is 11.5. The van der Waals surface area contributed by atoms with E-state index in [-0.39, 0.29) is 0 Å². The van der Waals surface area contributed by atoms with Gasteiger partial charge in [0.1, 0.15) is 0 Å². The van der Waals surface area contributed by atoms with Gasteiger partial charge in [0.05, 0.1) is 11.7 Å². The summed E-state index contributed by atoms with van der Waals surface area (Å²) in [4.78, 5) is 4.56. The molecule has 1 aliphatic rings. The molecule has 2 aromatic carbocycles. The molecule has 1 unspecified atom stereocenters. The number of imidazole rings is 1. The molecule has 0 spiro atoms. The normalized spacial score (nSPS) is 17.8. The first-order valence-corrected chi connectivity index (χ1v) is 7.09. The minimum Gasteiger partial charge on any atom is -0.349 e. The Kier molecular flexibility index (Phi) is 2.52. The van der Waals surface area contributed by atoms with Gasteiger partial charge in [-0.3, -0.25) is 0 Å². The third kappa shape index (κ3) is 1.78. The van der Waals surface area contributed by atoms with E-state index in [1.807, 2.05) is 6.92 Å². The Balaban J connectivity index is 1.77. The van der Waals surface area contributed by atoms with Gasteiger partial charge in [-0.05, 0) is 29.7 Å². The molecular weight excluding hydrogens is 246 g/mol. The molecule has 0 saturated carbocycles. The number of hydrogen-bond acceptors (Lipinski definition) is 2. The topological polar surface area (TPSA) is 29.9 Å². The molecular formula is C17H17N3. The Morgan fingerprint density at radius 3 is 2.95 bits per heavy atom. The summed E-state index contributed by atoms with van der Waals surface area (Å²) in [7, 11) is 0. The van der Waals surface area contributed by atoms with Gasteiger partial charge in [0.15, 0.2) is 0 Å². The van der Waals surface area contributed by atoms with Gasteiger partial charge in [-0.25, -0.2) is 4.98 Å². The monoisotopic (exact) mass is 263 g/mol. The zero-order chi connectivity index (χ0) is 13.5. The van der Waals surface area contributed by atoms with Crippen molar-refractivity contribution < 1.29 is 0 Å². The Labute approximate surface area is 118 Å². The van der Waals surface area contributed by atoms with Crippen LogP contribution in [0, 0.1) is 6.92 Å². The summed E-state index contributed by atoms with van der Waals surface area (Å²) in [5.74, 6) is 0.992. The van der Waals surface area contributed by atoms with Crippen molar-refractivity contribution in [1.82, 2.24) is 9.55 Å². The lowest BCUT2D eigenvalue weighted by atomic mass is 9.96. The van der Waals surface area contributed by atoms with Gasteiger partial charge in [-0.1, -0.05) is 42.5 Å². The maximum absolute atomic E-state index is 4.56. The van der Waals surface area contributed by atoms with Gasteiger partial charge in [0.2, 0.25) is 5.95 Å². The van der Waals surface area contributed by atoms with Crippen LogP contribution in [0.15, 0.2) is 48.7 Å². The molecule has 1 atom stereocenters. The molecule has 3 heteroatoms. The summed E-state index contributed by atoms with van der Waals surface area (Å²) < 4.78 is 2.21. The summed E-state index contributed by atoms with van der Waals surface area (Å²) in [5, 5.41) is 6.22. The highest BCUT2D eigenvalue weighted by molar-refractivity contribution is 5.86. The van der Waals surface area contributed by atoms with Crippen LogP contribution in [0.25, 0.3) is 10.8 Å². The largest absolute Gasteiger partial charge is 0.349 e. The van der Waals surface area contributed by atoms with E-state index < -0.39 is 0 Å². The molecule has 3 nitrogen and oxygen atoms in total. The van der Waals surface area contributed by atoms with Crippen molar-refractivity contribution in [2.75, 3.05) is 5.32 Å². The number of benzene rings is 2. The summed E-state index contributed by atoms with van der Waals surface area (Å²) >= 11 is 0. The van der Waals surface area contributed by atoms with Crippen molar-refractivity contribution in [3.05, 3.63) is 59.9 Å². The number of nitrogens with one attached hydrogen (secondary N) is 1. The number of rotatable bonds is 1. The summed E-state index contributed by atoms with van der Waals surface area (Å²) in [6.07, 6.45) is 3.21. The van der Waals surface area contributed by atoms with Crippen molar-refractivity contribution in [2.45, 2.75) is 25.9 Å². The standard InChI is InChI=1S/C17H17N3/c1-12-11-20-10-9-16(19-17(20)18-12)15-8-4-6-13-5-2-3-7-14(13)15/h2-8,11,16H,9-10H2,1H3,(H,18,19). The van der Waals surface area contributed by atoms with Crippen LogP contribution in [0.5, 0.6) is 0 Å². The summed E-state index contributed by atoms with van der Waals surface area (Å²) in [6.45, 7) is 3.07. The van der Waals surface area contributed by atoms with Crippen molar-refractivity contribution in [1.29, 1.82) is 0 Å². The number of fused-ring (bicyclic) bond motifs is 2. The molecule has 0 fully saturated rings. The van der Waals surface area contributed by atoms with Crippen LogP contribution in [0.4, 0.5) is 5.95 Å². The molecule has 0 radical (unpaired) electrons. The lowest BCUT2D eigenvalue weighted by Gasteiger charge is -2.26. The molecule has 1 aliphatic heterocycles. The summed E-state index contributed by atoms with van der Waals surface area (Å²) in [5.41, 5.74) is 2.45. The van der Waals surface area contributed by atoms with Crippen LogP contribution in [0.2, 0.25) is 0 Å². The fourth-order valence-electron chi connectivity index (χ4n) is 3.12. The smallest absolute Gasteiger partial charge is 0.203 e. The molecule has 2 heterocycles. The van der Waals surface area contributed by atoms with E-state index in [2.05, 4.69) is 63.5 Å². The van der Waals surface area contributed by atoms with E-state index in [4.69, 9.17) is 0 Å². The molecule has 0 saturated heterocycles. The van der Waals surface area contributed by atoms with E-state index in [0.717, 1.165) is 24.6 Å². The van der Waals surface area contributed by atoms with E-state index in [0.29, 0.717) is 6.04 Å². The van der Waals surface area contributed by atoms with Crippen molar-refractivity contribution in [2.24, 2.45) is 0 Å². The molecule has 0 amide bonds. The van der Waals surface area contributed by atoms with Gasteiger partial charge in [0, 0.05) is 12.7 Å². The average molecular weight is 263 g/mol. The first kappa shape index (κ1) is 11.5. The number of aromatic nitrogens is 2. The third-order valence-electron chi connectivity index (χ3n) is 4.06. The van der Waals surface area contributed by atoms with Crippen LogP contribution in [0.1, 0.15) is 23.7 Å². The molecule has 100 valence electrons. The van der Waals surface area contributed by atoms with E-state index >= 15 is 0 Å². The van der Waals surface area contributed by atoms with E-state index in [1.54, 1.807) is 0 Å². The number of hydrogen-bond donors (Lipinski definition) is 1. The Hall–Kier alpha value is -2.29. The first-order valence-electron chi connectivity index (χ1n) is 7.09. The van der Waals surface area contributed by atoms with Crippen LogP contribution in [-0.2, 0) is 6.54 Å². The Bertz CT molecular complexity index is 768. The van der Waals surface area contributed by atoms with Gasteiger partial charge in [-0.15, -0.1) is 0 Å². The fourth-order valence-corrected chi connectivity index (χ4v) is 3.12. The molecule has 4 rings (SSSR count). The van der Waals surface area contributed by atoms with Gasteiger partial charge >= 0.3 is 0 Å². The van der Waals surface area contributed by atoms with Crippen LogP contribution < -0.4 is 5.32 Å². The van der Waals surface area contributed by atoms with Gasteiger partial charge in [-0.2, -0.15) is 0 Å². The van der Waals surface area contributed by atoms with Crippen LogP contribution in [0.3, 0.4) is 0 Å². The molecule has 1 N–H and O–H groups in total. The second-order valence-corrected chi connectivity index (χ2v) is 5.45. The number of aryl methyl sites for hydroxylation is 2. The maximum Gasteiger partial charge on any atom is 0.203 e. The Morgan fingerprint density at radius 1 is 1.15 bits per heavy atom. The highest BCUT2D eigenvalue weighted by Gasteiger charge is 2.21. The maximum atomic E-state index is 4.56. The molecule has 1 aromatic heterocycles. The molecule has 3 aromatic rings.